The summed E-state index contributed by atoms with van der Waals surface area (Å²) in [7, 11) is 0. The number of hydrazone groups is 1. The molecule has 2 amide bonds. The number of hydrogen-bond acceptors (Lipinski definition) is 4. The Morgan fingerprint density at radius 3 is 2.60 bits per heavy atom. The van der Waals surface area contributed by atoms with Crippen LogP contribution in [0.5, 0.6) is 0 Å². The molecule has 2 rings (SSSR count). The molecule has 0 saturated carbocycles. The van der Waals surface area contributed by atoms with Gasteiger partial charge in [-0.1, -0.05) is 24.6 Å². The van der Waals surface area contributed by atoms with Crippen LogP contribution in [0.3, 0.4) is 0 Å². The second-order valence-electron chi connectivity index (χ2n) is 5.37. The smallest absolute Gasteiger partial charge is 0.251 e. The van der Waals surface area contributed by atoms with Gasteiger partial charge in [0.1, 0.15) is 5.76 Å². The molecule has 2 N–H and O–H groups in total. The van der Waals surface area contributed by atoms with Crippen LogP contribution in [0, 0.1) is 0 Å². The van der Waals surface area contributed by atoms with Crippen LogP contribution in [-0.2, 0) is 4.79 Å². The number of furan rings is 1. The van der Waals surface area contributed by atoms with E-state index in [0.29, 0.717) is 29.0 Å². The minimum Gasteiger partial charge on any atom is -0.448 e. The number of unbranched alkanes of at least 4 members (excludes halogenated alkanes) is 2. The Hall–Kier alpha value is -2.41. The van der Waals surface area contributed by atoms with Gasteiger partial charge in [-0.2, -0.15) is 5.10 Å². The van der Waals surface area contributed by atoms with Gasteiger partial charge in [-0.05, 0) is 53.0 Å². The lowest BCUT2D eigenvalue weighted by Gasteiger charge is -2.05. The van der Waals surface area contributed by atoms with E-state index in [0.717, 1.165) is 19.3 Å². The van der Waals surface area contributed by atoms with E-state index in [1.807, 2.05) is 18.2 Å². The summed E-state index contributed by atoms with van der Waals surface area (Å²) in [5.74, 6) is 0.341. The molecule has 0 fully saturated rings. The van der Waals surface area contributed by atoms with Crippen LogP contribution in [0.2, 0.25) is 0 Å². The van der Waals surface area contributed by atoms with Crippen molar-refractivity contribution in [3.8, 4) is 0 Å². The third-order valence-electron chi connectivity index (χ3n) is 3.38. The lowest BCUT2D eigenvalue weighted by molar-refractivity contribution is -0.121. The first-order chi connectivity index (χ1) is 12.1. The average molecular weight is 406 g/mol. The third-order valence-corrected chi connectivity index (χ3v) is 3.80. The van der Waals surface area contributed by atoms with E-state index < -0.39 is 0 Å². The molecule has 7 heteroatoms. The lowest BCUT2D eigenvalue weighted by Crippen LogP contribution is -2.24. The topological polar surface area (TPSA) is 83.7 Å². The van der Waals surface area contributed by atoms with E-state index in [4.69, 9.17) is 4.42 Å². The van der Waals surface area contributed by atoms with Crippen LogP contribution in [0.25, 0.3) is 0 Å². The van der Waals surface area contributed by atoms with Crippen LogP contribution in [0.4, 0.5) is 0 Å². The maximum Gasteiger partial charge on any atom is 0.251 e. The Morgan fingerprint density at radius 2 is 1.88 bits per heavy atom. The molecular weight excluding hydrogens is 386 g/mol. The summed E-state index contributed by atoms with van der Waals surface area (Å²) in [6.07, 6.45) is 4.27. The molecule has 0 saturated heterocycles. The second kappa shape index (κ2) is 10.5. The highest BCUT2D eigenvalue weighted by atomic mass is 79.9. The van der Waals surface area contributed by atoms with Gasteiger partial charge in [0.05, 0.1) is 6.21 Å². The monoisotopic (exact) mass is 405 g/mol. The van der Waals surface area contributed by atoms with E-state index in [2.05, 4.69) is 31.8 Å². The molecule has 0 aliphatic rings. The molecule has 1 aromatic carbocycles. The Kier molecular flexibility index (Phi) is 7.91. The summed E-state index contributed by atoms with van der Waals surface area (Å²) in [6.45, 7) is 0.598. The van der Waals surface area contributed by atoms with Crippen LogP contribution in [-0.4, -0.2) is 24.6 Å². The van der Waals surface area contributed by atoms with E-state index in [9.17, 15) is 9.59 Å². The van der Waals surface area contributed by atoms with Crippen molar-refractivity contribution in [2.45, 2.75) is 25.7 Å². The highest BCUT2D eigenvalue weighted by molar-refractivity contribution is 9.10. The van der Waals surface area contributed by atoms with Crippen molar-refractivity contribution in [1.82, 2.24) is 10.7 Å². The van der Waals surface area contributed by atoms with Gasteiger partial charge < -0.3 is 9.73 Å². The van der Waals surface area contributed by atoms with Gasteiger partial charge in [0.25, 0.3) is 5.91 Å². The molecule has 0 aliphatic heterocycles. The zero-order valence-corrected chi connectivity index (χ0v) is 15.3. The lowest BCUT2D eigenvalue weighted by atomic mass is 10.2. The summed E-state index contributed by atoms with van der Waals surface area (Å²) in [5.41, 5.74) is 3.11. The SMILES string of the molecule is O=C(CCCCCNC(=O)c1ccccc1)NN=Cc1ccc(Br)o1. The largest absolute Gasteiger partial charge is 0.448 e. The molecule has 0 spiro atoms. The summed E-state index contributed by atoms with van der Waals surface area (Å²) in [4.78, 5) is 23.5. The quantitative estimate of drug-likeness (QED) is 0.380. The fourth-order valence-electron chi connectivity index (χ4n) is 2.10. The predicted molar refractivity (Wildman–Crippen MR) is 99.4 cm³/mol. The highest BCUT2D eigenvalue weighted by Gasteiger charge is 2.03. The fraction of sp³-hybridized carbons (Fsp3) is 0.278. The standard InChI is InChI=1S/C18H20BrN3O3/c19-16-11-10-15(25-16)13-21-22-17(23)9-5-2-6-12-20-18(24)14-7-3-1-4-8-14/h1,3-4,7-8,10-11,13H,2,5-6,9,12H2,(H,20,24)(H,22,23). The Labute approximate surface area is 154 Å². The van der Waals surface area contributed by atoms with Crippen LogP contribution < -0.4 is 10.7 Å². The summed E-state index contributed by atoms with van der Waals surface area (Å²) in [5, 5.41) is 6.69. The molecule has 0 atom stereocenters. The molecule has 2 aromatic rings. The Bertz CT molecular complexity index is 713. The number of nitrogens with zero attached hydrogens (tertiary/aromatic N) is 1. The molecule has 1 aromatic heterocycles. The first-order valence-corrected chi connectivity index (χ1v) is 8.85. The van der Waals surface area contributed by atoms with Crippen molar-refractivity contribution < 1.29 is 14.0 Å². The van der Waals surface area contributed by atoms with Gasteiger partial charge in [0, 0.05) is 18.5 Å². The van der Waals surface area contributed by atoms with Crippen LogP contribution >= 0.6 is 15.9 Å². The van der Waals surface area contributed by atoms with Crippen molar-refractivity contribution >= 4 is 34.0 Å². The molecule has 132 valence electrons. The number of rotatable bonds is 9. The first kappa shape index (κ1) is 18.9. The molecular formula is C18H20BrN3O3. The average Bonchev–Trinajstić information content (AvgIpc) is 3.03. The van der Waals surface area contributed by atoms with Gasteiger partial charge in [-0.3, -0.25) is 9.59 Å². The molecule has 6 nitrogen and oxygen atoms in total. The zero-order valence-electron chi connectivity index (χ0n) is 13.7. The van der Waals surface area contributed by atoms with Crippen LogP contribution in [0.1, 0.15) is 41.8 Å². The summed E-state index contributed by atoms with van der Waals surface area (Å²) in [6, 6.07) is 12.6. The number of carbonyl (C=O) groups is 2. The third kappa shape index (κ3) is 7.34. The molecule has 0 bridgehead atoms. The predicted octanol–water partition coefficient (Wildman–Crippen LogP) is 3.48. The molecule has 0 aliphatic carbocycles. The van der Waals surface area contributed by atoms with Gasteiger partial charge in [-0.25, -0.2) is 5.43 Å². The number of carbonyl (C=O) groups excluding carboxylic acids is 2. The molecule has 25 heavy (non-hydrogen) atoms. The number of hydrogen-bond donors (Lipinski definition) is 2. The van der Waals surface area contributed by atoms with Gasteiger partial charge >= 0.3 is 0 Å². The normalized spacial score (nSPS) is 10.8. The van der Waals surface area contributed by atoms with E-state index in [-0.39, 0.29) is 11.8 Å². The van der Waals surface area contributed by atoms with Crippen molar-refractivity contribution in [3.63, 3.8) is 0 Å². The first-order valence-electron chi connectivity index (χ1n) is 8.05. The molecule has 0 unspecified atom stereocenters. The van der Waals surface area contributed by atoms with E-state index >= 15 is 0 Å². The van der Waals surface area contributed by atoms with Crippen molar-refractivity contribution in [3.05, 3.63) is 58.5 Å². The highest BCUT2D eigenvalue weighted by Crippen LogP contribution is 2.12. The second-order valence-corrected chi connectivity index (χ2v) is 6.15. The molecule has 1 heterocycles. The number of amides is 2. The molecule has 0 radical (unpaired) electrons. The van der Waals surface area contributed by atoms with Crippen molar-refractivity contribution in [2.75, 3.05) is 6.54 Å². The Balaban J connectivity index is 1.52. The van der Waals surface area contributed by atoms with E-state index in [1.54, 1.807) is 24.3 Å². The number of halogens is 1. The van der Waals surface area contributed by atoms with Gasteiger partial charge in [0.15, 0.2) is 4.67 Å². The number of benzene rings is 1. The fourth-order valence-corrected chi connectivity index (χ4v) is 2.42. The maximum absolute atomic E-state index is 11.8. The Morgan fingerprint density at radius 1 is 1.08 bits per heavy atom. The minimum absolute atomic E-state index is 0.0720. The number of nitrogens with one attached hydrogen (secondary N) is 2. The zero-order chi connectivity index (χ0) is 17.9. The van der Waals surface area contributed by atoms with Crippen LogP contribution in [0.15, 0.2) is 56.7 Å². The summed E-state index contributed by atoms with van der Waals surface area (Å²) < 4.78 is 5.83. The maximum atomic E-state index is 11.8. The minimum atomic E-state index is -0.143. The van der Waals surface area contributed by atoms with Crippen molar-refractivity contribution in [2.24, 2.45) is 5.10 Å². The summed E-state index contributed by atoms with van der Waals surface area (Å²) >= 11 is 3.19. The van der Waals surface area contributed by atoms with Crippen molar-refractivity contribution in [1.29, 1.82) is 0 Å². The van der Waals surface area contributed by atoms with E-state index in [1.165, 1.54) is 6.21 Å². The van der Waals surface area contributed by atoms with Gasteiger partial charge in [-0.15, -0.1) is 0 Å². The van der Waals surface area contributed by atoms with Gasteiger partial charge in [0.2, 0.25) is 5.91 Å².